The zero-order chi connectivity index (χ0) is 15.2. The third-order valence-electron chi connectivity index (χ3n) is 1.47. The van der Waals surface area contributed by atoms with Crippen LogP contribution in [0.25, 0.3) is 0 Å². The number of alkyl halides is 6. The molecule has 0 aromatic heterocycles. The Morgan fingerprint density at radius 2 is 1.00 bits per heavy atom. The van der Waals surface area contributed by atoms with Gasteiger partial charge < -0.3 is 17.7 Å². The SMILES string of the molecule is CCO[Si](OCC)(OCC(F)(F)F)OCC(F)(F)F. The number of hydrogen-bond acceptors (Lipinski definition) is 4. The molecule has 0 N–H and O–H groups in total. The van der Waals surface area contributed by atoms with Crippen molar-refractivity contribution >= 4 is 9.05 Å². The zero-order valence-electron chi connectivity index (χ0n) is 10.2. The van der Waals surface area contributed by atoms with Gasteiger partial charge in [-0.2, -0.15) is 26.3 Å². The monoisotopic (exact) mass is 316 g/mol. The Balaban J connectivity index is 4.75. The molecule has 0 saturated heterocycles. The maximum Gasteiger partial charge on any atom is 0.680 e. The van der Waals surface area contributed by atoms with Crippen molar-refractivity contribution in [3.05, 3.63) is 0 Å². The molecule has 0 saturated carbocycles. The molecule has 0 spiro atoms. The Hall–Kier alpha value is -0.363. The molecule has 0 aliphatic rings. The third kappa shape index (κ3) is 9.21. The number of halogens is 6. The molecule has 0 aromatic carbocycles. The molecular formula is C8H14F6O4Si. The lowest BCUT2D eigenvalue weighted by atomic mass is 10.7. The largest absolute Gasteiger partial charge is 0.680 e. The van der Waals surface area contributed by atoms with Gasteiger partial charge in [-0.1, -0.05) is 0 Å². The number of hydrogen-bond donors (Lipinski definition) is 0. The van der Waals surface area contributed by atoms with Gasteiger partial charge in [-0.15, -0.1) is 0 Å². The van der Waals surface area contributed by atoms with Gasteiger partial charge in [0.1, 0.15) is 13.2 Å². The second kappa shape index (κ2) is 7.43. The van der Waals surface area contributed by atoms with E-state index in [0.717, 1.165) is 0 Å². The van der Waals surface area contributed by atoms with E-state index in [0.29, 0.717) is 0 Å². The fraction of sp³-hybridized carbons (Fsp3) is 1.00. The van der Waals surface area contributed by atoms with Crippen molar-refractivity contribution in [1.29, 1.82) is 0 Å². The van der Waals surface area contributed by atoms with Crippen LogP contribution in [0.15, 0.2) is 0 Å². The first-order valence-electron chi connectivity index (χ1n) is 5.23. The Labute approximate surface area is 107 Å². The van der Waals surface area contributed by atoms with E-state index in [9.17, 15) is 26.3 Å². The van der Waals surface area contributed by atoms with E-state index in [1.165, 1.54) is 13.8 Å². The van der Waals surface area contributed by atoms with Crippen molar-refractivity contribution in [2.24, 2.45) is 0 Å². The van der Waals surface area contributed by atoms with Crippen LogP contribution in [0.4, 0.5) is 26.3 Å². The lowest BCUT2D eigenvalue weighted by molar-refractivity contribution is -0.194. The van der Waals surface area contributed by atoms with Crippen LogP contribution in [0.1, 0.15) is 13.8 Å². The van der Waals surface area contributed by atoms with Crippen molar-refractivity contribution in [3.63, 3.8) is 0 Å². The van der Waals surface area contributed by atoms with E-state index in [4.69, 9.17) is 8.85 Å². The van der Waals surface area contributed by atoms with Gasteiger partial charge in [0.15, 0.2) is 0 Å². The highest BCUT2D eigenvalue weighted by molar-refractivity contribution is 6.53. The summed E-state index contributed by atoms with van der Waals surface area (Å²) in [6.45, 7) is -1.29. The van der Waals surface area contributed by atoms with Gasteiger partial charge in [-0.05, 0) is 13.8 Å². The summed E-state index contributed by atoms with van der Waals surface area (Å²) in [4.78, 5) is 0. The molecule has 0 aromatic rings. The maximum atomic E-state index is 12.0. The highest BCUT2D eigenvalue weighted by Gasteiger charge is 2.50. The van der Waals surface area contributed by atoms with Gasteiger partial charge in [0.2, 0.25) is 0 Å². The van der Waals surface area contributed by atoms with E-state index < -0.39 is 34.6 Å². The zero-order valence-corrected chi connectivity index (χ0v) is 11.2. The summed E-state index contributed by atoms with van der Waals surface area (Å²) in [7, 11) is -4.46. The van der Waals surface area contributed by atoms with Crippen LogP contribution in [0.5, 0.6) is 0 Å². The van der Waals surface area contributed by atoms with Crippen molar-refractivity contribution in [2.45, 2.75) is 26.2 Å². The maximum absolute atomic E-state index is 12.0. The molecule has 0 unspecified atom stereocenters. The summed E-state index contributed by atoms with van der Waals surface area (Å²) in [6.07, 6.45) is -9.46. The summed E-state index contributed by atoms with van der Waals surface area (Å²) >= 11 is 0. The summed E-state index contributed by atoms with van der Waals surface area (Å²) < 4.78 is 90.4. The molecular weight excluding hydrogens is 302 g/mol. The number of rotatable bonds is 8. The Kier molecular flexibility index (Phi) is 7.29. The fourth-order valence-electron chi connectivity index (χ4n) is 0.944. The van der Waals surface area contributed by atoms with Crippen molar-refractivity contribution in [3.8, 4) is 0 Å². The van der Waals surface area contributed by atoms with E-state index in [2.05, 4.69) is 8.85 Å². The second-order valence-electron chi connectivity index (χ2n) is 3.17. The lowest BCUT2D eigenvalue weighted by Gasteiger charge is -2.28. The summed E-state index contributed by atoms with van der Waals surface area (Å²) in [5.41, 5.74) is 0. The summed E-state index contributed by atoms with van der Waals surface area (Å²) in [5, 5.41) is 0. The minimum Gasteiger partial charge on any atom is -0.351 e. The minimum atomic E-state index is -4.73. The predicted octanol–water partition coefficient (Wildman–Crippen LogP) is 2.65. The molecule has 0 heterocycles. The average molecular weight is 316 g/mol. The topological polar surface area (TPSA) is 36.9 Å². The first-order valence-corrected chi connectivity index (χ1v) is 6.86. The lowest BCUT2D eigenvalue weighted by Crippen LogP contribution is -2.52. The quantitative estimate of drug-likeness (QED) is 0.510. The molecule has 116 valence electrons. The summed E-state index contributed by atoms with van der Waals surface area (Å²) in [6, 6.07) is 0. The van der Waals surface area contributed by atoms with E-state index >= 15 is 0 Å². The predicted molar refractivity (Wildman–Crippen MR) is 53.0 cm³/mol. The Bertz CT molecular complexity index is 231. The van der Waals surface area contributed by atoms with Crippen LogP contribution in [0.2, 0.25) is 0 Å². The molecule has 4 nitrogen and oxygen atoms in total. The minimum absolute atomic E-state index is 0.206. The van der Waals surface area contributed by atoms with Crippen molar-refractivity contribution < 1.29 is 44.0 Å². The molecule has 11 heteroatoms. The molecule has 0 bridgehead atoms. The van der Waals surface area contributed by atoms with Crippen LogP contribution in [0, 0.1) is 0 Å². The van der Waals surface area contributed by atoms with Crippen LogP contribution in [-0.2, 0) is 17.7 Å². The molecule has 19 heavy (non-hydrogen) atoms. The molecule has 0 radical (unpaired) electrons. The van der Waals surface area contributed by atoms with Gasteiger partial charge >= 0.3 is 21.4 Å². The molecule has 0 fully saturated rings. The van der Waals surface area contributed by atoms with Crippen molar-refractivity contribution in [2.75, 3.05) is 26.4 Å². The van der Waals surface area contributed by atoms with Gasteiger partial charge in [0.25, 0.3) is 0 Å². The summed E-state index contributed by atoms with van der Waals surface area (Å²) in [5.74, 6) is 0. The molecule has 0 rings (SSSR count). The van der Waals surface area contributed by atoms with Crippen molar-refractivity contribution in [1.82, 2.24) is 0 Å². The highest BCUT2D eigenvalue weighted by Crippen LogP contribution is 2.23. The fourth-order valence-corrected chi connectivity index (χ4v) is 2.83. The van der Waals surface area contributed by atoms with E-state index in [-0.39, 0.29) is 13.2 Å². The van der Waals surface area contributed by atoms with Gasteiger partial charge in [-0.3, -0.25) is 0 Å². The molecule has 0 amide bonds. The highest BCUT2D eigenvalue weighted by atomic mass is 28.4. The normalized spacial score (nSPS) is 13.9. The standard InChI is InChI=1S/C8H14F6O4Si/c1-3-15-19(16-4-2,17-5-7(9,10)11)18-6-8(12,13)14/h3-6H2,1-2H3. The Morgan fingerprint density at radius 1 is 0.684 bits per heavy atom. The van der Waals surface area contributed by atoms with Gasteiger partial charge in [0, 0.05) is 13.2 Å². The Morgan fingerprint density at radius 3 is 1.21 bits per heavy atom. The average Bonchev–Trinajstić information content (AvgIpc) is 2.22. The molecule has 0 aliphatic carbocycles. The second-order valence-corrected chi connectivity index (χ2v) is 5.33. The van der Waals surface area contributed by atoms with Crippen LogP contribution >= 0.6 is 0 Å². The third-order valence-corrected chi connectivity index (χ3v) is 3.75. The van der Waals surface area contributed by atoms with Crippen LogP contribution in [-0.4, -0.2) is 47.8 Å². The first-order chi connectivity index (χ1) is 8.54. The smallest absolute Gasteiger partial charge is 0.351 e. The first kappa shape index (κ1) is 18.6. The van der Waals surface area contributed by atoms with Crippen LogP contribution < -0.4 is 0 Å². The van der Waals surface area contributed by atoms with Gasteiger partial charge in [0.05, 0.1) is 0 Å². The van der Waals surface area contributed by atoms with Gasteiger partial charge in [-0.25, -0.2) is 0 Å². The van der Waals surface area contributed by atoms with Crippen LogP contribution in [0.3, 0.4) is 0 Å². The molecule has 0 atom stereocenters. The van der Waals surface area contributed by atoms with E-state index in [1.54, 1.807) is 0 Å². The molecule has 0 aliphatic heterocycles. The van der Waals surface area contributed by atoms with E-state index in [1.807, 2.05) is 0 Å².